The van der Waals surface area contributed by atoms with Crippen molar-refractivity contribution < 1.29 is 19.1 Å². The average molecular weight is 281 g/mol. The van der Waals surface area contributed by atoms with Crippen molar-refractivity contribution in [2.75, 3.05) is 25.7 Å². The van der Waals surface area contributed by atoms with Gasteiger partial charge in [0, 0.05) is 12.6 Å². The van der Waals surface area contributed by atoms with E-state index in [0.717, 1.165) is 11.3 Å². The molecule has 1 rings (SSSR count). The molecule has 0 aliphatic carbocycles. The maximum absolute atomic E-state index is 11.9. The van der Waals surface area contributed by atoms with E-state index < -0.39 is 12.1 Å². The molecule has 110 valence electrons. The standard InChI is InChI=1S/C13H19N3O4/c1-4-7-15-13(18)16(12(14)17)9-5-6-10(19-2)11(8-9)20-3/h5-6,8H,4,7H2,1-3H3,(H2,14,17)(H,15,18). The van der Waals surface area contributed by atoms with E-state index in [1.165, 1.54) is 20.3 Å². The van der Waals surface area contributed by atoms with Crippen LogP contribution in [0.5, 0.6) is 11.5 Å². The summed E-state index contributed by atoms with van der Waals surface area (Å²) >= 11 is 0. The Morgan fingerprint density at radius 3 is 2.40 bits per heavy atom. The number of primary amides is 1. The van der Waals surface area contributed by atoms with Crippen molar-refractivity contribution in [3.8, 4) is 11.5 Å². The topological polar surface area (TPSA) is 93.9 Å². The molecule has 0 aliphatic rings. The molecule has 4 amide bonds. The number of hydrogen-bond acceptors (Lipinski definition) is 4. The van der Waals surface area contributed by atoms with Gasteiger partial charge in [-0.3, -0.25) is 0 Å². The maximum Gasteiger partial charge on any atom is 0.330 e. The van der Waals surface area contributed by atoms with Crippen molar-refractivity contribution in [2.45, 2.75) is 13.3 Å². The number of amides is 4. The first kappa shape index (κ1) is 15.6. The number of benzene rings is 1. The summed E-state index contributed by atoms with van der Waals surface area (Å²) in [4.78, 5) is 24.3. The Labute approximate surface area is 117 Å². The molecule has 1 aromatic rings. The van der Waals surface area contributed by atoms with Gasteiger partial charge in [-0.2, -0.15) is 0 Å². The number of nitrogens with one attached hydrogen (secondary N) is 1. The molecule has 0 spiro atoms. The Balaban J connectivity index is 3.09. The Morgan fingerprint density at radius 1 is 1.25 bits per heavy atom. The third-order valence-electron chi connectivity index (χ3n) is 2.58. The summed E-state index contributed by atoms with van der Waals surface area (Å²) in [5.41, 5.74) is 5.57. The van der Waals surface area contributed by atoms with Crippen LogP contribution in [-0.4, -0.2) is 32.8 Å². The van der Waals surface area contributed by atoms with Gasteiger partial charge in [-0.25, -0.2) is 14.5 Å². The van der Waals surface area contributed by atoms with Crippen LogP contribution in [0, 0.1) is 0 Å². The van der Waals surface area contributed by atoms with Crippen LogP contribution in [0.4, 0.5) is 15.3 Å². The third-order valence-corrected chi connectivity index (χ3v) is 2.58. The van der Waals surface area contributed by atoms with E-state index in [-0.39, 0.29) is 0 Å². The van der Waals surface area contributed by atoms with E-state index in [1.54, 1.807) is 12.1 Å². The summed E-state index contributed by atoms with van der Waals surface area (Å²) < 4.78 is 10.2. The minimum Gasteiger partial charge on any atom is -0.493 e. The van der Waals surface area contributed by atoms with Crippen molar-refractivity contribution in [3.63, 3.8) is 0 Å². The number of rotatable bonds is 5. The van der Waals surface area contributed by atoms with Gasteiger partial charge in [0.1, 0.15) is 0 Å². The van der Waals surface area contributed by atoms with E-state index in [0.29, 0.717) is 23.7 Å². The highest BCUT2D eigenvalue weighted by molar-refractivity contribution is 6.13. The fourth-order valence-electron chi connectivity index (χ4n) is 1.62. The van der Waals surface area contributed by atoms with Gasteiger partial charge in [0.05, 0.1) is 19.9 Å². The van der Waals surface area contributed by atoms with E-state index in [9.17, 15) is 9.59 Å². The van der Waals surface area contributed by atoms with Crippen LogP contribution in [0.1, 0.15) is 13.3 Å². The largest absolute Gasteiger partial charge is 0.493 e. The first-order chi connectivity index (χ1) is 9.54. The molecule has 0 aromatic heterocycles. The van der Waals surface area contributed by atoms with Crippen molar-refractivity contribution in [3.05, 3.63) is 18.2 Å². The van der Waals surface area contributed by atoms with Crippen molar-refractivity contribution in [1.29, 1.82) is 0 Å². The fraction of sp³-hybridized carbons (Fsp3) is 0.385. The smallest absolute Gasteiger partial charge is 0.330 e. The van der Waals surface area contributed by atoms with E-state index in [4.69, 9.17) is 15.2 Å². The second-order valence-electron chi connectivity index (χ2n) is 3.94. The quantitative estimate of drug-likeness (QED) is 0.859. The highest BCUT2D eigenvalue weighted by atomic mass is 16.5. The predicted molar refractivity (Wildman–Crippen MR) is 75.3 cm³/mol. The number of nitrogens with two attached hydrogens (primary N) is 1. The number of ether oxygens (including phenoxy) is 2. The number of imide groups is 1. The summed E-state index contributed by atoms with van der Waals surface area (Å²) in [6, 6.07) is 3.21. The van der Waals surface area contributed by atoms with Crippen molar-refractivity contribution >= 4 is 17.7 Å². The molecular formula is C13H19N3O4. The molecule has 0 radical (unpaired) electrons. The number of anilines is 1. The van der Waals surface area contributed by atoms with Crippen LogP contribution in [-0.2, 0) is 0 Å². The molecule has 20 heavy (non-hydrogen) atoms. The van der Waals surface area contributed by atoms with Gasteiger partial charge in [-0.15, -0.1) is 0 Å². The molecule has 7 heteroatoms. The predicted octanol–water partition coefficient (Wildman–Crippen LogP) is 1.71. The number of methoxy groups -OCH3 is 2. The zero-order chi connectivity index (χ0) is 15.1. The lowest BCUT2D eigenvalue weighted by Crippen LogP contribution is -2.47. The Morgan fingerprint density at radius 2 is 1.90 bits per heavy atom. The highest BCUT2D eigenvalue weighted by Crippen LogP contribution is 2.31. The second kappa shape index (κ2) is 7.22. The average Bonchev–Trinajstić information content (AvgIpc) is 2.44. The molecule has 0 heterocycles. The zero-order valence-electron chi connectivity index (χ0n) is 11.8. The molecule has 1 aromatic carbocycles. The van der Waals surface area contributed by atoms with Crippen LogP contribution < -0.4 is 25.4 Å². The lowest BCUT2D eigenvalue weighted by molar-refractivity contribution is 0.238. The normalized spacial score (nSPS) is 9.75. The van der Waals surface area contributed by atoms with E-state index in [2.05, 4.69) is 5.32 Å². The highest BCUT2D eigenvalue weighted by Gasteiger charge is 2.22. The Bertz CT molecular complexity index is 491. The lowest BCUT2D eigenvalue weighted by atomic mass is 10.2. The number of nitrogens with zero attached hydrogens (tertiary/aromatic N) is 1. The third kappa shape index (κ3) is 3.53. The molecule has 0 saturated heterocycles. The Kier molecular flexibility index (Phi) is 5.64. The van der Waals surface area contributed by atoms with Gasteiger partial charge in [-0.1, -0.05) is 6.92 Å². The van der Waals surface area contributed by atoms with Crippen molar-refractivity contribution in [2.24, 2.45) is 5.73 Å². The summed E-state index contributed by atoms with van der Waals surface area (Å²) in [7, 11) is 2.96. The van der Waals surface area contributed by atoms with Crippen LogP contribution >= 0.6 is 0 Å². The lowest BCUT2D eigenvalue weighted by Gasteiger charge is -2.20. The minimum atomic E-state index is -0.870. The van der Waals surface area contributed by atoms with Crippen LogP contribution in [0.2, 0.25) is 0 Å². The molecular weight excluding hydrogens is 262 g/mol. The van der Waals surface area contributed by atoms with Gasteiger partial charge >= 0.3 is 12.1 Å². The van der Waals surface area contributed by atoms with Gasteiger partial charge in [-0.05, 0) is 18.6 Å². The summed E-state index contributed by atoms with van der Waals surface area (Å²) in [5, 5.41) is 2.59. The Hall–Kier alpha value is -2.44. The molecule has 0 aliphatic heterocycles. The minimum absolute atomic E-state index is 0.309. The van der Waals surface area contributed by atoms with Gasteiger partial charge in [0.25, 0.3) is 0 Å². The van der Waals surface area contributed by atoms with Gasteiger partial charge < -0.3 is 20.5 Å². The van der Waals surface area contributed by atoms with Crippen LogP contribution in [0.15, 0.2) is 18.2 Å². The molecule has 0 fully saturated rings. The van der Waals surface area contributed by atoms with Gasteiger partial charge in [0.15, 0.2) is 11.5 Å². The number of urea groups is 2. The second-order valence-corrected chi connectivity index (χ2v) is 3.94. The number of hydrogen-bond donors (Lipinski definition) is 2. The molecule has 7 nitrogen and oxygen atoms in total. The first-order valence-electron chi connectivity index (χ1n) is 6.14. The van der Waals surface area contributed by atoms with E-state index >= 15 is 0 Å². The molecule has 3 N–H and O–H groups in total. The van der Waals surface area contributed by atoms with Crippen LogP contribution in [0.3, 0.4) is 0 Å². The molecule has 0 saturated carbocycles. The molecule has 0 bridgehead atoms. The SMILES string of the molecule is CCCNC(=O)N(C(N)=O)c1ccc(OC)c(OC)c1. The molecule has 0 unspecified atom stereocenters. The zero-order valence-corrected chi connectivity index (χ0v) is 11.8. The summed E-state index contributed by atoms with van der Waals surface area (Å²) in [6.07, 6.45) is 0.754. The fourth-order valence-corrected chi connectivity index (χ4v) is 1.62. The molecule has 0 atom stereocenters. The van der Waals surface area contributed by atoms with Crippen molar-refractivity contribution in [1.82, 2.24) is 5.32 Å². The van der Waals surface area contributed by atoms with E-state index in [1.807, 2.05) is 6.92 Å². The van der Waals surface area contributed by atoms with Gasteiger partial charge in [0.2, 0.25) is 0 Å². The summed E-state index contributed by atoms with van der Waals surface area (Å²) in [6.45, 7) is 2.36. The number of carbonyl (C=O) groups is 2. The first-order valence-corrected chi connectivity index (χ1v) is 6.14. The van der Waals surface area contributed by atoms with Crippen LogP contribution in [0.25, 0.3) is 0 Å². The summed E-state index contributed by atoms with van der Waals surface area (Å²) in [5.74, 6) is 0.897. The monoisotopic (exact) mass is 281 g/mol. The maximum atomic E-state index is 11.9. The number of carbonyl (C=O) groups excluding carboxylic acids is 2.